The van der Waals surface area contributed by atoms with Gasteiger partial charge < -0.3 is 5.32 Å². The van der Waals surface area contributed by atoms with Crippen LogP contribution in [0.2, 0.25) is 5.02 Å². The molecule has 0 unspecified atom stereocenters. The third-order valence-corrected chi connectivity index (χ3v) is 4.86. The summed E-state index contributed by atoms with van der Waals surface area (Å²) < 4.78 is 26.9. The lowest BCUT2D eigenvalue weighted by Gasteiger charge is -2.13. The summed E-state index contributed by atoms with van der Waals surface area (Å²) in [6.07, 6.45) is 1.55. The predicted octanol–water partition coefficient (Wildman–Crippen LogP) is 3.01. The third kappa shape index (κ3) is 3.88. The molecule has 2 N–H and O–H groups in total. The first kappa shape index (κ1) is 16.5. The molecule has 6 nitrogen and oxygen atoms in total. The highest BCUT2D eigenvalue weighted by Gasteiger charge is 2.13. The normalized spacial score (nSPS) is 11.5. The van der Waals surface area contributed by atoms with Crippen molar-refractivity contribution in [3.8, 4) is 0 Å². The van der Waals surface area contributed by atoms with E-state index in [-0.39, 0.29) is 5.82 Å². The summed E-state index contributed by atoms with van der Waals surface area (Å²) >= 11 is 6.07. The molecule has 2 rings (SSSR count). The predicted molar refractivity (Wildman–Crippen MR) is 89.9 cm³/mol. The molecule has 1 aromatic heterocycles. The summed E-state index contributed by atoms with van der Waals surface area (Å²) in [5.41, 5.74) is 2.54. The molecule has 0 aliphatic carbocycles. The Balaban J connectivity index is 2.14. The van der Waals surface area contributed by atoms with Gasteiger partial charge in [0.2, 0.25) is 0 Å². The number of halogens is 1. The fourth-order valence-corrected chi connectivity index (χ4v) is 2.39. The number of anilines is 3. The van der Waals surface area contributed by atoms with Crippen molar-refractivity contribution >= 4 is 39.0 Å². The Morgan fingerprint density at radius 2 is 1.91 bits per heavy atom. The van der Waals surface area contributed by atoms with Crippen molar-refractivity contribution in [1.29, 1.82) is 0 Å². The van der Waals surface area contributed by atoms with E-state index in [1.54, 1.807) is 18.3 Å². The van der Waals surface area contributed by atoms with E-state index in [4.69, 9.17) is 11.6 Å². The summed E-state index contributed by atoms with van der Waals surface area (Å²) in [4.78, 5) is 4.08. The van der Waals surface area contributed by atoms with Gasteiger partial charge in [-0.05, 0) is 36.8 Å². The van der Waals surface area contributed by atoms with Gasteiger partial charge in [0.1, 0.15) is 5.82 Å². The van der Waals surface area contributed by atoms with Gasteiger partial charge in [0.25, 0.3) is 0 Å². The van der Waals surface area contributed by atoms with Crippen LogP contribution in [0.15, 0.2) is 36.5 Å². The molecular weight excluding hydrogens is 324 g/mol. The molecule has 2 aromatic rings. The van der Waals surface area contributed by atoms with Gasteiger partial charge in [0.15, 0.2) is 0 Å². The highest BCUT2D eigenvalue weighted by atomic mass is 35.5. The molecule has 0 spiro atoms. The molecule has 1 heterocycles. The number of hydrogen-bond acceptors (Lipinski definition) is 4. The lowest BCUT2D eigenvalue weighted by Crippen LogP contribution is -2.29. The number of benzene rings is 1. The summed E-state index contributed by atoms with van der Waals surface area (Å²) in [5.74, 6) is 0.252. The van der Waals surface area contributed by atoms with Crippen LogP contribution in [-0.2, 0) is 10.2 Å². The first-order valence-electron chi connectivity index (χ1n) is 6.48. The van der Waals surface area contributed by atoms with Crippen molar-refractivity contribution in [2.24, 2.45) is 0 Å². The van der Waals surface area contributed by atoms with Crippen LogP contribution in [0.25, 0.3) is 0 Å². The Bertz CT molecular complexity index is 761. The summed E-state index contributed by atoms with van der Waals surface area (Å²) in [6, 6.07) is 8.90. The van der Waals surface area contributed by atoms with Gasteiger partial charge in [-0.1, -0.05) is 17.7 Å². The molecule has 0 saturated heterocycles. The molecule has 1 aromatic carbocycles. The van der Waals surface area contributed by atoms with Crippen molar-refractivity contribution in [2.45, 2.75) is 6.92 Å². The number of aromatic nitrogens is 1. The lowest BCUT2D eigenvalue weighted by molar-refractivity contribution is 0.526. The highest BCUT2D eigenvalue weighted by Crippen LogP contribution is 2.26. The summed E-state index contributed by atoms with van der Waals surface area (Å²) in [7, 11) is -0.663. The number of pyridine rings is 1. The Morgan fingerprint density at radius 1 is 1.18 bits per heavy atom. The molecule has 0 amide bonds. The maximum Gasteiger partial charge on any atom is 0.302 e. The van der Waals surface area contributed by atoms with Gasteiger partial charge in [0, 0.05) is 24.8 Å². The minimum Gasteiger partial charge on any atom is -0.354 e. The highest BCUT2D eigenvalue weighted by molar-refractivity contribution is 7.90. The molecule has 0 saturated carbocycles. The van der Waals surface area contributed by atoms with Crippen LogP contribution in [0, 0.1) is 6.92 Å². The van der Waals surface area contributed by atoms with Crippen LogP contribution in [-0.4, -0.2) is 31.8 Å². The largest absolute Gasteiger partial charge is 0.354 e. The first-order valence-corrected chi connectivity index (χ1v) is 8.30. The minimum absolute atomic E-state index is 0.252. The number of nitrogens with zero attached hydrogens (tertiary/aromatic N) is 2. The first-order chi connectivity index (χ1) is 10.3. The number of rotatable bonds is 5. The van der Waals surface area contributed by atoms with Crippen molar-refractivity contribution < 1.29 is 8.42 Å². The number of nitrogens with one attached hydrogen (secondary N) is 2. The Kier molecular flexibility index (Phi) is 4.90. The van der Waals surface area contributed by atoms with Gasteiger partial charge in [0.05, 0.1) is 11.9 Å². The second-order valence-corrected chi connectivity index (χ2v) is 7.15. The van der Waals surface area contributed by atoms with E-state index in [0.717, 1.165) is 21.2 Å². The summed E-state index contributed by atoms with van der Waals surface area (Å²) in [6.45, 7) is 1.91. The van der Waals surface area contributed by atoms with Gasteiger partial charge in [-0.3, -0.25) is 4.72 Å². The molecule has 22 heavy (non-hydrogen) atoms. The van der Waals surface area contributed by atoms with E-state index in [1.165, 1.54) is 14.1 Å². The van der Waals surface area contributed by atoms with E-state index < -0.39 is 10.2 Å². The van der Waals surface area contributed by atoms with E-state index >= 15 is 0 Å². The maximum absolute atomic E-state index is 11.7. The van der Waals surface area contributed by atoms with E-state index in [0.29, 0.717) is 5.02 Å². The zero-order valence-corrected chi connectivity index (χ0v) is 14.0. The summed E-state index contributed by atoms with van der Waals surface area (Å²) in [5, 5.41) is 3.87. The minimum atomic E-state index is -3.55. The van der Waals surface area contributed by atoms with Crippen LogP contribution in [0.4, 0.5) is 17.2 Å². The van der Waals surface area contributed by atoms with Gasteiger partial charge in [-0.25, -0.2) is 4.98 Å². The van der Waals surface area contributed by atoms with Crippen LogP contribution in [0.3, 0.4) is 0 Å². The fourth-order valence-electron chi connectivity index (χ4n) is 1.65. The van der Waals surface area contributed by atoms with E-state index in [9.17, 15) is 8.42 Å². The fraction of sp³-hybridized carbons (Fsp3) is 0.214. The molecule has 0 bridgehead atoms. The van der Waals surface area contributed by atoms with E-state index in [2.05, 4.69) is 15.0 Å². The van der Waals surface area contributed by atoms with Gasteiger partial charge >= 0.3 is 10.2 Å². The second kappa shape index (κ2) is 6.51. The van der Waals surface area contributed by atoms with Gasteiger partial charge in [-0.15, -0.1) is 0 Å². The molecule has 0 radical (unpaired) electrons. The Labute approximate surface area is 135 Å². The standard InChI is InChI=1S/C14H17ClN4O2S/c1-10-12(15)5-4-6-13(10)17-11-7-8-14(16-9-11)18-22(20,21)19(2)3/h4-9,17H,1-3H3,(H,16,18). The molecule has 0 atom stereocenters. The third-order valence-electron chi connectivity index (χ3n) is 3.02. The average Bonchev–Trinajstić information content (AvgIpc) is 2.45. The maximum atomic E-state index is 11.7. The topological polar surface area (TPSA) is 74.3 Å². The number of hydrogen-bond donors (Lipinski definition) is 2. The van der Waals surface area contributed by atoms with Crippen LogP contribution >= 0.6 is 11.6 Å². The molecule has 8 heteroatoms. The zero-order chi connectivity index (χ0) is 16.3. The van der Waals surface area contributed by atoms with Crippen molar-refractivity contribution in [1.82, 2.24) is 9.29 Å². The van der Waals surface area contributed by atoms with Crippen molar-refractivity contribution in [3.05, 3.63) is 47.1 Å². The van der Waals surface area contributed by atoms with Crippen LogP contribution in [0.5, 0.6) is 0 Å². The van der Waals surface area contributed by atoms with Crippen molar-refractivity contribution in [3.63, 3.8) is 0 Å². The SMILES string of the molecule is Cc1c(Cl)cccc1Nc1ccc(NS(=O)(=O)N(C)C)nc1. The van der Waals surface area contributed by atoms with E-state index in [1.807, 2.05) is 25.1 Å². The Morgan fingerprint density at radius 3 is 2.50 bits per heavy atom. The van der Waals surface area contributed by atoms with Gasteiger partial charge in [-0.2, -0.15) is 12.7 Å². The Hall–Kier alpha value is -1.83. The van der Waals surface area contributed by atoms with Crippen molar-refractivity contribution in [2.75, 3.05) is 24.1 Å². The second-order valence-electron chi connectivity index (χ2n) is 4.86. The molecule has 0 aliphatic heterocycles. The molecule has 0 aliphatic rings. The lowest BCUT2D eigenvalue weighted by atomic mass is 10.2. The molecule has 118 valence electrons. The smallest absolute Gasteiger partial charge is 0.302 e. The zero-order valence-electron chi connectivity index (χ0n) is 12.5. The average molecular weight is 341 g/mol. The molecular formula is C14H17ClN4O2S. The van der Waals surface area contributed by atoms with Crippen LogP contribution in [0.1, 0.15) is 5.56 Å². The molecule has 0 fully saturated rings. The monoisotopic (exact) mass is 340 g/mol. The quantitative estimate of drug-likeness (QED) is 0.877. The van der Waals surface area contributed by atoms with Crippen LogP contribution < -0.4 is 10.0 Å².